The molecule has 0 bridgehead atoms. The number of nitrogens with zero attached hydrogens (tertiary/aromatic N) is 5. The van der Waals surface area contributed by atoms with Crippen molar-refractivity contribution in [2.45, 2.75) is 42.3 Å². The Labute approximate surface area is 215 Å². The van der Waals surface area contributed by atoms with Crippen LogP contribution in [0.4, 0.5) is 11.5 Å². The Morgan fingerprint density at radius 1 is 1.19 bits per heavy atom. The average Bonchev–Trinajstić information content (AvgIpc) is 3.44. The third-order valence-corrected chi connectivity index (χ3v) is 9.08. The molecule has 3 N–H and O–H groups in total. The summed E-state index contributed by atoms with van der Waals surface area (Å²) < 4.78 is 2.10. The predicted molar refractivity (Wildman–Crippen MR) is 143 cm³/mol. The van der Waals surface area contributed by atoms with E-state index >= 15 is 0 Å². The number of anilines is 2. The average molecular weight is 497 g/mol. The van der Waals surface area contributed by atoms with Crippen LogP contribution in [0.5, 0.6) is 0 Å². The number of pyridine rings is 2. The van der Waals surface area contributed by atoms with Crippen molar-refractivity contribution in [2.24, 2.45) is 18.2 Å². The second-order valence-corrected chi connectivity index (χ2v) is 11.5. The highest BCUT2D eigenvalue weighted by molar-refractivity contribution is 7.99. The van der Waals surface area contributed by atoms with E-state index in [2.05, 4.69) is 44.9 Å². The van der Waals surface area contributed by atoms with Gasteiger partial charge < -0.3 is 16.0 Å². The van der Waals surface area contributed by atoms with Gasteiger partial charge in [-0.1, -0.05) is 6.07 Å². The number of fused-ring (bicyclic) bond motifs is 4. The molecule has 1 spiro atoms. The number of nitrogens with two attached hydrogens (primary N) is 1. The van der Waals surface area contributed by atoms with Crippen molar-refractivity contribution >= 4 is 34.3 Å². The molecule has 7 nitrogen and oxygen atoms in total. The summed E-state index contributed by atoms with van der Waals surface area (Å²) >= 11 is 1.59. The van der Waals surface area contributed by atoms with Crippen molar-refractivity contribution in [2.75, 3.05) is 30.4 Å². The van der Waals surface area contributed by atoms with Crippen molar-refractivity contribution in [1.82, 2.24) is 15.0 Å². The molecule has 1 aromatic carbocycles. The zero-order valence-corrected chi connectivity index (χ0v) is 21.7. The monoisotopic (exact) mass is 496 g/mol. The molecule has 0 amide bonds. The molecular formula is C28H30N7S+. The second-order valence-electron chi connectivity index (χ2n) is 10.5. The topological polar surface area (TPSA) is 83.8 Å². The Morgan fingerprint density at radius 2 is 2.06 bits per heavy atom. The van der Waals surface area contributed by atoms with Gasteiger partial charge in [0.25, 0.3) is 0 Å². The minimum Gasteiger partial charge on any atom is -0.388 e. The molecule has 8 heteroatoms. The number of benzene rings is 1. The number of hydrogen-bond acceptors (Lipinski definition) is 7. The fourth-order valence-electron chi connectivity index (χ4n) is 6.03. The molecule has 1 saturated heterocycles. The van der Waals surface area contributed by atoms with Crippen molar-refractivity contribution in [3.8, 4) is 11.1 Å². The summed E-state index contributed by atoms with van der Waals surface area (Å²) in [6.45, 7) is 4.02. The molecule has 1 atom stereocenters. The summed E-state index contributed by atoms with van der Waals surface area (Å²) in [5, 5.41) is 4.16. The van der Waals surface area contributed by atoms with E-state index in [-0.39, 0.29) is 11.5 Å². The lowest BCUT2D eigenvalue weighted by Gasteiger charge is -2.22. The normalized spacial score (nSPS) is 19.1. The van der Waals surface area contributed by atoms with Gasteiger partial charge in [-0.3, -0.25) is 0 Å². The Kier molecular flexibility index (Phi) is 4.82. The van der Waals surface area contributed by atoms with Crippen LogP contribution in [0.3, 0.4) is 0 Å². The molecule has 182 valence electrons. The van der Waals surface area contributed by atoms with Gasteiger partial charge in [0.2, 0.25) is 5.52 Å². The van der Waals surface area contributed by atoms with E-state index in [9.17, 15) is 0 Å². The van der Waals surface area contributed by atoms with Crippen LogP contribution in [-0.4, -0.2) is 41.1 Å². The minimum absolute atomic E-state index is 0.203. The Bertz CT molecular complexity index is 1550. The van der Waals surface area contributed by atoms with Crippen molar-refractivity contribution < 1.29 is 4.57 Å². The number of hydrogen-bond donors (Lipinski definition) is 2. The first kappa shape index (κ1) is 22.0. The minimum atomic E-state index is 0.203. The highest BCUT2D eigenvalue weighted by atomic mass is 32.2. The highest BCUT2D eigenvalue weighted by Crippen LogP contribution is 2.54. The summed E-state index contributed by atoms with van der Waals surface area (Å²) in [6, 6.07) is 10.8. The molecule has 4 aromatic rings. The molecule has 4 heterocycles. The van der Waals surface area contributed by atoms with Gasteiger partial charge in [0.05, 0.1) is 5.69 Å². The van der Waals surface area contributed by atoms with E-state index in [0.29, 0.717) is 0 Å². The lowest BCUT2D eigenvalue weighted by Crippen LogP contribution is -2.30. The second kappa shape index (κ2) is 7.88. The SMILES string of the molecule is CNc1ccc(C)c2c1Cc1nc(Sc3cnc4ccc[n+](C)c4c3)nc(N3CC(N)C4(CC4)C3)c1-2. The first-order chi connectivity index (χ1) is 17.5. The number of aryl methyl sites for hydroxylation is 2. The van der Waals surface area contributed by atoms with Crippen molar-refractivity contribution in [3.05, 3.63) is 59.5 Å². The van der Waals surface area contributed by atoms with Crippen LogP contribution in [0.2, 0.25) is 0 Å². The Morgan fingerprint density at radius 3 is 2.83 bits per heavy atom. The molecule has 7 rings (SSSR count). The molecule has 1 aliphatic heterocycles. The van der Waals surface area contributed by atoms with E-state index in [4.69, 9.17) is 15.7 Å². The van der Waals surface area contributed by atoms with Crippen molar-refractivity contribution in [1.29, 1.82) is 0 Å². The van der Waals surface area contributed by atoms with E-state index in [1.165, 1.54) is 35.1 Å². The van der Waals surface area contributed by atoms with Gasteiger partial charge in [0.15, 0.2) is 11.4 Å². The summed E-state index contributed by atoms with van der Waals surface area (Å²) in [4.78, 5) is 18.5. The number of nitrogens with one attached hydrogen (secondary N) is 1. The van der Waals surface area contributed by atoms with Gasteiger partial charge in [0.1, 0.15) is 18.4 Å². The zero-order chi connectivity index (χ0) is 24.6. The summed E-state index contributed by atoms with van der Waals surface area (Å²) in [5.41, 5.74) is 16.3. The van der Waals surface area contributed by atoms with Crippen molar-refractivity contribution in [3.63, 3.8) is 0 Å². The number of rotatable bonds is 4. The van der Waals surface area contributed by atoms with Gasteiger partial charge in [-0.15, -0.1) is 0 Å². The molecule has 0 radical (unpaired) electrons. The van der Waals surface area contributed by atoms with Crippen LogP contribution >= 0.6 is 11.8 Å². The quantitative estimate of drug-likeness (QED) is 0.289. The fourth-order valence-corrected chi connectivity index (χ4v) is 6.81. The molecule has 1 unspecified atom stereocenters. The third kappa shape index (κ3) is 3.31. The number of aromatic nitrogens is 4. The standard InChI is InChI=1S/C28H30N7S/c1-16-6-7-19(30-2)18-12-21-25(24(16)18)26(35-14-23(29)28(15-35)8-9-28)33-27(32-21)36-17-11-22-20(31-13-17)5-4-10-34(22)3/h4-7,10-11,13,23,30H,8-9,12,14-15,29H2,1-3H3/q+1. The summed E-state index contributed by atoms with van der Waals surface area (Å²) in [6.07, 6.45) is 7.22. The van der Waals surface area contributed by atoms with E-state index in [1.54, 1.807) is 11.8 Å². The lowest BCUT2D eigenvalue weighted by molar-refractivity contribution is -0.645. The summed E-state index contributed by atoms with van der Waals surface area (Å²) in [7, 11) is 4.04. The first-order valence-electron chi connectivity index (χ1n) is 12.6. The maximum Gasteiger partial charge on any atom is 0.232 e. The predicted octanol–water partition coefficient (Wildman–Crippen LogP) is 3.85. The van der Waals surface area contributed by atoms with Gasteiger partial charge in [0, 0.05) is 72.5 Å². The van der Waals surface area contributed by atoms with Gasteiger partial charge >= 0.3 is 0 Å². The molecule has 36 heavy (non-hydrogen) atoms. The Hall–Kier alpha value is -3.23. The summed E-state index contributed by atoms with van der Waals surface area (Å²) in [5.74, 6) is 1.04. The van der Waals surface area contributed by atoms with Gasteiger partial charge in [-0.25, -0.2) is 15.0 Å². The fraction of sp³-hybridized carbons (Fsp3) is 0.357. The first-order valence-corrected chi connectivity index (χ1v) is 13.4. The molecule has 1 saturated carbocycles. The zero-order valence-electron chi connectivity index (χ0n) is 20.9. The van der Waals surface area contributed by atoms with Crippen LogP contribution in [0, 0.1) is 12.3 Å². The van der Waals surface area contributed by atoms with Crippen LogP contribution in [0.1, 0.15) is 29.7 Å². The maximum absolute atomic E-state index is 6.64. The molecule has 3 aliphatic rings. The van der Waals surface area contributed by atoms with Gasteiger partial charge in [-0.05, 0) is 60.4 Å². The van der Waals surface area contributed by atoms with E-state index in [1.807, 2.05) is 38.6 Å². The molecule has 2 aliphatic carbocycles. The molecular weight excluding hydrogens is 466 g/mol. The van der Waals surface area contributed by atoms with Crippen LogP contribution in [-0.2, 0) is 13.5 Å². The Balaban J connectivity index is 1.35. The maximum atomic E-state index is 6.64. The van der Waals surface area contributed by atoms with Crippen LogP contribution < -0.4 is 20.5 Å². The van der Waals surface area contributed by atoms with Gasteiger partial charge in [-0.2, -0.15) is 4.57 Å². The molecule has 2 fully saturated rings. The van der Waals surface area contributed by atoms with Crippen LogP contribution in [0.25, 0.3) is 22.2 Å². The largest absolute Gasteiger partial charge is 0.388 e. The lowest BCUT2D eigenvalue weighted by atomic mass is 9.99. The smallest absolute Gasteiger partial charge is 0.232 e. The van der Waals surface area contributed by atoms with E-state index < -0.39 is 0 Å². The van der Waals surface area contributed by atoms with E-state index in [0.717, 1.165) is 57.8 Å². The third-order valence-electron chi connectivity index (χ3n) is 8.26. The van der Waals surface area contributed by atoms with Crippen LogP contribution in [0.15, 0.2) is 52.8 Å². The molecule has 3 aromatic heterocycles. The highest BCUT2D eigenvalue weighted by Gasteiger charge is 2.54.